The van der Waals surface area contributed by atoms with E-state index in [0.717, 1.165) is 30.9 Å². The number of nitrogens with zero attached hydrogens (tertiary/aromatic N) is 2. The number of nitrogen functional groups attached to an aromatic ring is 1. The maximum atomic E-state index is 7.34. The van der Waals surface area contributed by atoms with Crippen molar-refractivity contribution in [3.63, 3.8) is 0 Å². The summed E-state index contributed by atoms with van der Waals surface area (Å²) in [5, 5.41) is 7.34. The summed E-state index contributed by atoms with van der Waals surface area (Å²) in [5.74, 6) is 0.918. The van der Waals surface area contributed by atoms with E-state index in [1.165, 1.54) is 6.42 Å². The van der Waals surface area contributed by atoms with Crippen LogP contribution in [0.25, 0.3) is 0 Å². The lowest BCUT2D eigenvalue weighted by Crippen LogP contribution is -2.33. The highest BCUT2D eigenvalue weighted by atomic mass is 16.5. The smallest absolute Gasteiger partial charge is 0.122 e. The molecule has 1 aromatic carbocycles. The fourth-order valence-corrected chi connectivity index (χ4v) is 2.46. The number of benzene rings is 1. The molecular formula is C15H24N4O. The van der Waals surface area contributed by atoms with Gasteiger partial charge in [-0.05, 0) is 51.3 Å². The monoisotopic (exact) mass is 276 g/mol. The van der Waals surface area contributed by atoms with Gasteiger partial charge in [0.05, 0.1) is 0 Å². The molecule has 0 radical (unpaired) electrons. The van der Waals surface area contributed by atoms with E-state index in [2.05, 4.69) is 23.9 Å². The molecule has 1 aromatic rings. The van der Waals surface area contributed by atoms with Gasteiger partial charge in [0.1, 0.15) is 18.2 Å². The molecule has 2 rings (SSSR count). The van der Waals surface area contributed by atoms with Gasteiger partial charge < -0.3 is 15.4 Å². The number of likely N-dealkylation sites (N-methyl/N-ethyl adjacent to an activating group) is 1. The van der Waals surface area contributed by atoms with Gasteiger partial charge in [0.25, 0.3) is 0 Å². The minimum atomic E-state index is 0.0864. The third-order valence-electron chi connectivity index (χ3n) is 3.82. The van der Waals surface area contributed by atoms with Gasteiger partial charge in [-0.15, -0.1) is 0 Å². The molecule has 0 aliphatic carbocycles. The number of amidine groups is 1. The second-order valence-corrected chi connectivity index (χ2v) is 5.49. The van der Waals surface area contributed by atoms with Gasteiger partial charge in [-0.25, -0.2) is 0 Å². The number of hydrogen-bond donors (Lipinski definition) is 2. The Labute approximate surface area is 120 Å². The van der Waals surface area contributed by atoms with Gasteiger partial charge in [0, 0.05) is 24.7 Å². The average molecular weight is 276 g/mol. The first-order valence-electron chi connectivity index (χ1n) is 7.02. The molecule has 5 nitrogen and oxygen atoms in total. The molecule has 3 N–H and O–H groups in total. The highest BCUT2D eigenvalue weighted by Crippen LogP contribution is 2.14. The van der Waals surface area contributed by atoms with E-state index in [4.69, 9.17) is 15.9 Å². The molecule has 1 heterocycles. The van der Waals surface area contributed by atoms with Crippen LogP contribution in [0.5, 0.6) is 5.75 Å². The Morgan fingerprint density at radius 2 is 2.10 bits per heavy atom. The molecule has 0 amide bonds. The first-order chi connectivity index (χ1) is 9.56. The van der Waals surface area contributed by atoms with Gasteiger partial charge >= 0.3 is 0 Å². The number of hydrogen-bond acceptors (Lipinski definition) is 4. The van der Waals surface area contributed by atoms with Gasteiger partial charge in [-0.3, -0.25) is 10.3 Å². The topological polar surface area (TPSA) is 65.6 Å². The largest absolute Gasteiger partial charge is 0.492 e. The van der Waals surface area contributed by atoms with Crippen LogP contribution in [0.3, 0.4) is 0 Å². The van der Waals surface area contributed by atoms with Gasteiger partial charge in [-0.1, -0.05) is 0 Å². The quantitative estimate of drug-likeness (QED) is 0.600. The standard InChI is InChI=1S/C15H24N4O/c1-18(2)13-7-8-19(11-13)9-10-20-14-5-3-12(4-6-14)15(16)17/h3-6,13H,7-11H2,1-2H3,(H3,16,17). The Bertz CT molecular complexity index is 444. The van der Waals surface area contributed by atoms with Crippen LogP contribution in [0.1, 0.15) is 12.0 Å². The predicted molar refractivity (Wildman–Crippen MR) is 81.5 cm³/mol. The van der Waals surface area contributed by atoms with E-state index >= 15 is 0 Å². The molecule has 0 bridgehead atoms. The Kier molecular flexibility index (Phi) is 4.98. The zero-order valence-corrected chi connectivity index (χ0v) is 12.3. The van der Waals surface area contributed by atoms with Crippen molar-refractivity contribution in [3.05, 3.63) is 29.8 Å². The van der Waals surface area contributed by atoms with E-state index in [1.807, 2.05) is 24.3 Å². The van der Waals surface area contributed by atoms with Crippen molar-refractivity contribution in [1.82, 2.24) is 9.80 Å². The van der Waals surface area contributed by atoms with E-state index in [-0.39, 0.29) is 5.84 Å². The molecule has 0 aromatic heterocycles. The number of nitrogens with one attached hydrogen (secondary N) is 1. The summed E-state index contributed by atoms with van der Waals surface area (Å²) in [6.45, 7) is 3.92. The number of nitrogens with two attached hydrogens (primary N) is 1. The fourth-order valence-electron chi connectivity index (χ4n) is 2.46. The van der Waals surface area contributed by atoms with Crippen LogP contribution < -0.4 is 10.5 Å². The third kappa shape index (κ3) is 3.95. The van der Waals surface area contributed by atoms with E-state index in [0.29, 0.717) is 12.6 Å². The number of rotatable bonds is 6. The molecule has 1 fully saturated rings. The van der Waals surface area contributed by atoms with Gasteiger partial charge in [-0.2, -0.15) is 0 Å². The Hall–Kier alpha value is -1.59. The zero-order valence-electron chi connectivity index (χ0n) is 12.3. The summed E-state index contributed by atoms with van der Waals surface area (Å²) in [4.78, 5) is 4.73. The number of likely N-dealkylation sites (tertiary alicyclic amines) is 1. The third-order valence-corrected chi connectivity index (χ3v) is 3.82. The van der Waals surface area contributed by atoms with Crippen LogP contribution in [-0.2, 0) is 0 Å². The first kappa shape index (κ1) is 14.8. The normalized spacial score (nSPS) is 19.4. The molecule has 1 saturated heterocycles. The van der Waals surface area contributed by atoms with Gasteiger partial charge in [0.15, 0.2) is 0 Å². The molecule has 110 valence electrons. The molecular weight excluding hydrogens is 252 g/mol. The molecule has 1 atom stereocenters. The summed E-state index contributed by atoms with van der Waals surface area (Å²) in [6, 6.07) is 8.03. The van der Waals surface area contributed by atoms with Crippen LogP contribution >= 0.6 is 0 Å². The minimum Gasteiger partial charge on any atom is -0.492 e. The van der Waals surface area contributed by atoms with Crippen molar-refractivity contribution < 1.29 is 4.74 Å². The molecule has 1 aliphatic heterocycles. The minimum absolute atomic E-state index is 0.0864. The fraction of sp³-hybridized carbons (Fsp3) is 0.533. The summed E-state index contributed by atoms with van der Waals surface area (Å²) in [6.07, 6.45) is 1.24. The summed E-state index contributed by atoms with van der Waals surface area (Å²) >= 11 is 0. The van der Waals surface area contributed by atoms with Crippen molar-refractivity contribution in [3.8, 4) is 5.75 Å². The Morgan fingerprint density at radius 3 is 2.65 bits per heavy atom. The summed E-state index contributed by atoms with van der Waals surface area (Å²) < 4.78 is 5.73. The van der Waals surface area contributed by atoms with Gasteiger partial charge in [0.2, 0.25) is 0 Å². The summed E-state index contributed by atoms with van der Waals surface area (Å²) in [5.41, 5.74) is 6.14. The number of ether oxygens (including phenoxy) is 1. The molecule has 0 spiro atoms. The van der Waals surface area contributed by atoms with E-state index in [9.17, 15) is 0 Å². The molecule has 5 heteroatoms. The SMILES string of the molecule is CN(C)C1CCN(CCOc2ccc(C(=N)N)cc2)C1. The van der Waals surface area contributed by atoms with Crippen LogP contribution in [0.15, 0.2) is 24.3 Å². The Morgan fingerprint density at radius 1 is 1.40 bits per heavy atom. The predicted octanol–water partition coefficient (Wildman–Crippen LogP) is 0.985. The van der Waals surface area contributed by atoms with Crippen LogP contribution in [-0.4, -0.2) is 62.0 Å². The maximum Gasteiger partial charge on any atom is 0.122 e. The first-order valence-corrected chi connectivity index (χ1v) is 7.02. The lowest BCUT2D eigenvalue weighted by atomic mass is 10.2. The second-order valence-electron chi connectivity index (χ2n) is 5.49. The lowest BCUT2D eigenvalue weighted by Gasteiger charge is -2.20. The van der Waals surface area contributed by atoms with Crippen molar-refractivity contribution in [2.75, 3.05) is 40.3 Å². The lowest BCUT2D eigenvalue weighted by molar-refractivity contribution is 0.220. The van der Waals surface area contributed by atoms with E-state index < -0.39 is 0 Å². The van der Waals surface area contributed by atoms with Crippen molar-refractivity contribution >= 4 is 5.84 Å². The Balaban J connectivity index is 1.72. The second kappa shape index (κ2) is 6.72. The van der Waals surface area contributed by atoms with Crippen LogP contribution in [0.2, 0.25) is 0 Å². The molecule has 0 saturated carbocycles. The van der Waals surface area contributed by atoms with Crippen LogP contribution in [0.4, 0.5) is 0 Å². The highest BCUT2D eigenvalue weighted by Gasteiger charge is 2.23. The maximum absolute atomic E-state index is 7.34. The average Bonchev–Trinajstić information content (AvgIpc) is 2.88. The molecule has 20 heavy (non-hydrogen) atoms. The summed E-state index contributed by atoms with van der Waals surface area (Å²) in [7, 11) is 4.28. The van der Waals surface area contributed by atoms with Crippen LogP contribution in [0, 0.1) is 5.41 Å². The van der Waals surface area contributed by atoms with Crippen molar-refractivity contribution in [2.45, 2.75) is 12.5 Å². The molecule has 1 aliphatic rings. The zero-order chi connectivity index (χ0) is 14.5. The van der Waals surface area contributed by atoms with E-state index in [1.54, 1.807) is 0 Å². The highest BCUT2D eigenvalue weighted by molar-refractivity contribution is 5.94. The molecule has 1 unspecified atom stereocenters. The van der Waals surface area contributed by atoms with Crippen molar-refractivity contribution in [2.24, 2.45) is 5.73 Å². The van der Waals surface area contributed by atoms with Crippen molar-refractivity contribution in [1.29, 1.82) is 5.41 Å².